The highest BCUT2D eigenvalue weighted by atomic mass is 35.5. The second-order valence-electron chi connectivity index (χ2n) is 8.15. The molecule has 0 saturated carbocycles. The number of benzene rings is 1. The Morgan fingerprint density at radius 2 is 1.97 bits per heavy atom. The zero-order chi connectivity index (χ0) is 20.7. The molecule has 0 aliphatic carbocycles. The van der Waals surface area contributed by atoms with Crippen LogP contribution in [0.15, 0.2) is 65.0 Å². The zero-order valence-corrected chi connectivity index (χ0v) is 17.9. The number of nitrogens with zero attached hydrogens (tertiary/aromatic N) is 1. The third-order valence-corrected chi connectivity index (χ3v) is 6.56. The molecular formula is C23H28ClN5O. The summed E-state index contributed by atoms with van der Waals surface area (Å²) in [5.74, 6) is 1.41. The normalized spacial score (nSPS) is 24.3. The minimum Gasteiger partial charge on any atom is -0.486 e. The van der Waals surface area contributed by atoms with Gasteiger partial charge in [0.1, 0.15) is 18.1 Å². The molecular weight excluding hydrogens is 398 g/mol. The second-order valence-corrected chi connectivity index (χ2v) is 8.59. The number of dihydropyridines is 2. The Morgan fingerprint density at radius 3 is 2.70 bits per heavy atom. The van der Waals surface area contributed by atoms with Crippen LogP contribution in [-0.4, -0.2) is 43.3 Å². The highest BCUT2D eigenvalue weighted by molar-refractivity contribution is 6.30. The number of piperidine rings is 1. The van der Waals surface area contributed by atoms with E-state index in [0.717, 1.165) is 65.7 Å². The van der Waals surface area contributed by atoms with E-state index >= 15 is 0 Å². The molecule has 0 radical (unpaired) electrons. The topological polar surface area (TPSA) is 74.6 Å². The van der Waals surface area contributed by atoms with Crippen molar-refractivity contribution in [1.29, 1.82) is 0 Å². The Kier molecular flexibility index (Phi) is 5.13. The summed E-state index contributed by atoms with van der Waals surface area (Å²) in [7, 11) is 0. The maximum absolute atomic E-state index is 6.52. The molecule has 4 aliphatic rings. The quantitative estimate of drug-likeness (QED) is 0.594. The van der Waals surface area contributed by atoms with Crippen LogP contribution in [0, 0.1) is 0 Å². The molecule has 7 heteroatoms. The van der Waals surface area contributed by atoms with Gasteiger partial charge in [-0.1, -0.05) is 30.7 Å². The fourth-order valence-electron chi connectivity index (χ4n) is 4.56. The van der Waals surface area contributed by atoms with Crippen molar-refractivity contribution in [2.24, 2.45) is 5.73 Å². The smallest absolute Gasteiger partial charge is 0.168 e. The minimum absolute atomic E-state index is 0.0271. The first-order valence-electron chi connectivity index (χ1n) is 10.7. The van der Waals surface area contributed by atoms with Crippen LogP contribution in [0.3, 0.4) is 0 Å². The van der Waals surface area contributed by atoms with Crippen molar-refractivity contribution in [2.45, 2.75) is 32.0 Å². The van der Waals surface area contributed by atoms with Crippen molar-refractivity contribution in [3.63, 3.8) is 0 Å². The highest BCUT2D eigenvalue weighted by Gasteiger charge is 2.37. The van der Waals surface area contributed by atoms with Crippen molar-refractivity contribution < 1.29 is 4.74 Å². The van der Waals surface area contributed by atoms with Crippen LogP contribution in [0.1, 0.15) is 25.3 Å². The summed E-state index contributed by atoms with van der Waals surface area (Å²) < 4.78 is 6.52. The van der Waals surface area contributed by atoms with E-state index in [0.29, 0.717) is 12.4 Å². The Morgan fingerprint density at radius 1 is 1.20 bits per heavy atom. The van der Waals surface area contributed by atoms with Gasteiger partial charge in [-0.15, -0.1) is 0 Å². The Balaban J connectivity index is 1.42. The fourth-order valence-corrected chi connectivity index (χ4v) is 4.69. The number of allylic oxidation sites excluding steroid dienone is 3. The van der Waals surface area contributed by atoms with Gasteiger partial charge in [-0.05, 0) is 48.7 Å². The standard InChI is InChI=1S/C23H28ClN5O/c1-2-29-9-7-17(8-10-29)30-21-20-18-11-15(14-3-5-16(24)6-4-14)12-27-23(18)28-19(20)13-26-22(21)25/h3-6,11-12,17,23,26-28H,2,7-10,13,25H2,1H3. The van der Waals surface area contributed by atoms with Gasteiger partial charge in [0.15, 0.2) is 5.76 Å². The largest absolute Gasteiger partial charge is 0.486 e. The number of nitrogens with two attached hydrogens (primary N) is 1. The third-order valence-electron chi connectivity index (χ3n) is 6.31. The molecule has 4 aliphatic heterocycles. The fraction of sp³-hybridized carbons (Fsp3) is 0.391. The first kappa shape index (κ1) is 19.4. The molecule has 158 valence electrons. The lowest BCUT2D eigenvalue weighted by Gasteiger charge is -2.33. The molecule has 0 bridgehead atoms. The van der Waals surface area contributed by atoms with Crippen molar-refractivity contribution >= 4 is 17.2 Å². The molecule has 5 N–H and O–H groups in total. The van der Waals surface area contributed by atoms with E-state index in [4.69, 9.17) is 22.1 Å². The number of likely N-dealkylation sites (tertiary alicyclic amines) is 1. The van der Waals surface area contributed by atoms with Gasteiger partial charge < -0.3 is 31.3 Å². The first-order chi connectivity index (χ1) is 14.6. The van der Waals surface area contributed by atoms with E-state index < -0.39 is 0 Å². The van der Waals surface area contributed by atoms with Gasteiger partial charge in [-0.3, -0.25) is 0 Å². The molecule has 1 fully saturated rings. The first-order valence-corrected chi connectivity index (χ1v) is 11.1. The highest BCUT2D eigenvalue weighted by Crippen LogP contribution is 2.38. The lowest BCUT2D eigenvalue weighted by Crippen LogP contribution is -2.39. The van der Waals surface area contributed by atoms with Gasteiger partial charge in [0.2, 0.25) is 0 Å². The molecule has 0 spiro atoms. The van der Waals surface area contributed by atoms with Gasteiger partial charge >= 0.3 is 0 Å². The number of ether oxygens (including phenoxy) is 1. The molecule has 1 unspecified atom stereocenters. The minimum atomic E-state index is 0.0271. The average molecular weight is 426 g/mol. The van der Waals surface area contributed by atoms with Crippen LogP contribution in [0.25, 0.3) is 5.57 Å². The summed E-state index contributed by atoms with van der Waals surface area (Å²) in [5, 5.41) is 11.1. The SMILES string of the molecule is CCN1CCC(OC2=C(N)NCC3=C2C2=CC(c4ccc(Cl)cc4)=CNC2N3)CC1. The molecule has 1 aromatic rings. The molecule has 1 atom stereocenters. The van der Waals surface area contributed by atoms with E-state index in [-0.39, 0.29) is 12.3 Å². The van der Waals surface area contributed by atoms with Crippen molar-refractivity contribution in [1.82, 2.24) is 20.9 Å². The molecule has 6 nitrogen and oxygen atoms in total. The molecule has 30 heavy (non-hydrogen) atoms. The van der Waals surface area contributed by atoms with Gasteiger partial charge in [0.05, 0.1) is 6.54 Å². The second kappa shape index (κ2) is 7.93. The van der Waals surface area contributed by atoms with Gasteiger partial charge in [-0.2, -0.15) is 0 Å². The predicted octanol–water partition coefficient (Wildman–Crippen LogP) is 2.63. The van der Waals surface area contributed by atoms with Crippen LogP contribution < -0.4 is 21.7 Å². The van der Waals surface area contributed by atoms with E-state index in [2.05, 4.69) is 33.9 Å². The lowest BCUT2D eigenvalue weighted by atomic mass is 9.94. The maximum atomic E-state index is 6.52. The van der Waals surface area contributed by atoms with Crippen LogP contribution >= 0.6 is 11.6 Å². The maximum Gasteiger partial charge on any atom is 0.168 e. The monoisotopic (exact) mass is 425 g/mol. The van der Waals surface area contributed by atoms with E-state index in [1.165, 1.54) is 5.57 Å². The molecule has 0 aromatic heterocycles. The average Bonchev–Trinajstić information content (AvgIpc) is 3.15. The van der Waals surface area contributed by atoms with Crippen LogP contribution in [0.5, 0.6) is 0 Å². The number of nitrogens with one attached hydrogen (secondary N) is 3. The number of hydrogen-bond acceptors (Lipinski definition) is 6. The lowest BCUT2D eigenvalue weighted by molar-refractivity contribution is 0.0533. The third kappa shape index (κ3) is 3.55. The summed E-state index contributed by atoms with van der Waals surface area (Å²) >= 11 is 6.06. The van der Waals surface area contributed by atoms with Gasteiger partial charge in [0, 0.05) is 41.2 Å². The van der Waals surface area contributed by atoms with Crippen LogP contribution in [-0.2, 0) is 4.74 Å². The zero-order valence-electron chi connectivity index (χ0n) is 17.2. The summed E-state index contributed by atoms with van der Waals surface area (Å²) in [6.07, 6.45) is 6.54. The summed E-state index contributed by atoms with van der Waals surface area (Å²) in [5.41, 5.74) is 12.0. The van der Waals surface area contributed by atoms with Crippen molar-refractivity contribution in [2.75, 3.05) is 26.2 Å². The van der Waals surface area contributed by atoms with Crippen LogP contribution in [0.4, 0.5) is 0 Å². The van der Waals surface area contributed by atoms with Crippen LogP contribution in [0.2, 0.25) is 5.02 Å². The van der Waals surface area contributed by atoms with Gasteiger partial charge in [0.25, 0.3) is 0 Å². The molecule has 1 aromatic carbocycles. The number of halogens is 1. The Labute approximate surface area is 182 Å². The van der Waals surface area contributed by atoms with Gasteiger partial charge in [-0.25, -0.2) is 0 Å². The van der Waals surface area contributed by atoms with E-state index in [1.807, 2.05) is 30.5 Å². The number of fused-ring (bicyclic) bond motifs is 2. The molecule has 1 saturated heterocycles. The number of hydrogen-bond donors (Lipinski definition) is 4. The predicted molar refractivity (Wildman–Crippen MR) is 120 cm³/mol. The van der Waals surface area contributed by atoms with E-state index in [1.54, 1.807) is 0 Å². The molecule has 0 amide bonds. The van der Waals surface area contributed by atoms with Crippen molar-refractivity contribution in [3.05, 3.63) is 75.6 Å². The number of rotatable bonds is 4. The summed E-state index contributed by atoms with van der Waals surface area (Å²) in [6, 6.07) is 7.91. The summed E-state index contributed by atoms with van der Waals surface area (Å²) in [6.45, 7) is 6.12. The Hall–Kier alpha value is -2.57. The molecule has 4 heterocycles. The summed E-state index contributed by atoms with van der Waals surface area (Å²) in [4.78, 5) is 2.46. The van der Waals surface area contributed by atoms with E-state index in [9.17, 15) is 0 Å². The molecule has 5 rings (SSSR count). The Bertz CT molecular complexity index is 954. The van der Waals surface area contributed by atoms with Crippen molar-refractivity contribution in [3.8, 4) is 0 Å².